The molecule has 1 heterocycles. The predicted octanol–water partition coefficient (Wildman–Crippen LogP) is 2.12. The van der Waals surface area contributed by atoms with Crippen LogP contribution in [0.15, 0.2) is 0 Å². The lowest BCUT2D eigenvalue weighted by Crippen LogP contribution is -2.40. The molecule has 0 spiro atoms. The van der Waals surface area contributed by atoms with E-state index in [9.17, 15) is 4.79 Å². The van der Waals surface area contributed by atoms with Gasteiger partial charge in [-0.25, -0.2) is 0 Å². The number of nitrogens with one attached hydrogen (secondary N) is 2. The molecule has 1 saturated carbocycles. The minimum Gasteiger partial charge on any atom is -0.384 e. The van der Waals surface area contributed by atoms with E-state index >= 15 is 0 Å². The second kappa shape index (κ2) is 8.85. The smallest absolute Gasteiger partial charge is 0.220 e. The maximum Gasteiger partial charge on any atom is 0.220 e. The number of hydrogen-bond donors (Lipinski definition) is 2. The molecule has 0 bridgehead atoms. The van der Waals surface area contributed by atoms with Crippen LogP contribution in [-0.2, 0) is 9.53 Å². The Morgan fingerprint density at radius 1 is 1.30 bits per heavy atom. The molecule has 4 nitrogen and oxygen atoms in total. The zero-order valence-electron chi connectivity index (χ0n) is 12.6. The number of carbonyl (C=O) groups excluding carboxylic acids is 1. The molecule has 1 amide bonds. The second-order valence-electron chi connectivity index (χ2n) is 6.31. The third kappa shape index (κ3) is 5.23. The summed E-state index contributed by atoms with van der Waals surface area (Å²) in [6, 6.07) is 0. The van der Waals surface area contributed by atoms with Crippen molar-refractivity contribution in [2.75, 3.05) is 33.4 Å². The van der Waals surface area contributed by atoms with E-state index in [1.54, 1.807) is 7.11 Å². The zero-order valence-corrected chi connectivity index (χ0v) is 13.4. The van der Waals surface area contributed by atoms with Gasteiger partial charge in [-0.15, -0.1) is 12.4 Å². The van der Waals surface area contributed by atoms with Gasteiger partial charge < -0.3 is 15.4 Å². The summed E-state index contributed by atoms with van der Waals surface area (Å²) in [4.78, 5) is 12.0. The number of rotatable bonds is 6. The van der Waals surface area contributed by atoms with Crippen molar-refractivity contribution in [3.63, 3.8) is 0 Å². The summed E-state index contributed by atoms with van der Waals surface area (Å²) in [6.07, 6.45) is 7.89. The molecule has 118 valence electrons. The Hall–Kier alpha value is -0.320. The van der Waals surface area contributed by atoms with E-state index in [0.29, 0.717) is 12.3 Å². The number of hydrogen-bond acceptors (Lipinski definition) is 3. The third-order valence-electron chi connectivity index (χ3n) is 4.71. The molecule has 0 unspecified atom stereocenters. The van der Waals surface area contributed by atoms with Gasteiger partial charge in [0, 0.05) is 25.5 Å². The molecule has 0 aromatic carbocycles. The molecule has 1 aliphatic carbocycles. The van der Waals surface area contributed by atoms with Gasteiger partial charge in [0.25, 0.3) is 0 Å². The van der Waals surface area contributed by atoms with Crippen LogP contribution in [0, 0.1) is 11.3 Å². The van der Waals surface area contributed by atoms with Crippen molar-refractivity contribution in [2.45, 2.75) is 44.9 Å². The van der Waals surface area contributed by atoms with Gasteiger partial charge in [-0.2, -0.15) is 0 Å². The summed E-state index contributed by atoms with van der Waals surface area (Å²) >= 11 is 0. The fourth-order valence-electron chi connectivity index (χ4n) is 3.51. The molecule has 0 atom stereocenters. The van der Waals surface area contributed by atoms with Crippen LogP contribution in [0.3, 0.4) is 0 Å². The summed E-state index contributed by atoms with van der Waals surface area (Å²) < 4.78 is 5.35. The molecule has 2 fully saturated rings. The highest BCUT2D eigenvalue weighted by atomic mass is 35.5. The summed E-state index contributed by atoms with van der Waals surface area (Å²) in [5, 5.41) is 6.50. The summed E-state index contributed by atoms with van der Waals surface area (Å²) in [5.74, 6) is 0.803. The Kier molecular flexibility index (Phi) is 7.85. The van der Waals surface area contributed by atoms with Crippen LogP contribution in [0.4, 0.5) is 0 Å². The van der Waals surface area contributed by atoms with Gasteiger partial charge in [0.05, 0.1) is 6.61 Å². The van der Waals surface area contributed by atoms with Crippen LogP contribution in [0.1, 0.15) is 44.9 Å². The summed E-state index contributed by atoms with van der Waals surface area (Å²) in [6.45, 7) is 3.70. The number of carbonyl (C=O) groups is 1. The maximum atomic E-state index is 12.0. The van der Waals surface area contributed by atoms with E-state index in [0.717, 1.165) is 39.1 Å². The molecule has 2 aliphatic rings. The Labute approximate surface area is 128 Å². The van der Waals surface area contributed by atoms with E-state index < -0.39 is 0 Å². The first-order valence-corrected chi connectivity index (χ1v) is 7.70. The fraction of sp³-hybridized carbons (Fsp3) is 0.933. The summed E-state index contributed by atoms with van der Waals surface area (Å²) in [7, 11) is 1.76. The predicted molar refractivity (Wildman–Crippen MR) is 83.2 cm³/mol. The molecular weight excluding hydrogens is 276 g/mol. The van der Waals surface area contributed by atoms with Crippen molar-refractivity contribution in [1.82, 2.24) is 10.6 Å². The maximum absolute atomic E-state index is 12.0. The van der Waals surface area contributed by atoms with Crippen molar-refractivity contribution < 1.29 is 9.53 Å². The highest BCUT2D eigenvalue weighted by Crippen LogP contribution is 2.37. The molecule has 5 heteroatoms. The van der Waals surface area contributed by atoms with Gasteiger partial charge >= 0.3 is 0 Å². The van der Waals surface area contributed by atoms with Crippen molar-refractivity contribution in [2.24, 2.45) is 11.3 Å². The molecule has 20 heavy (non-hydrogen) atoms. The Morgan fingerprint density at radius 2 is 1.95 bits per heavy atom. The second-order valence-corrected chi connectivity index (χ2v) is 6.31. The van der Waals surface area contributed by atoms with Crippen molar-refractivity contribution >= 4 is 18.3 Å². The molecule has 1 saturated heterocycles. The number of ether oxygens (including phenoxy) is 1. The first-order chi connectivity index (χ1) is 9.24. The lowest BCUT2D eigenvalue weighted by atomic mass is 9.87. The van der Waals surface area contributed by atoms with E-state index in [1.165, 1.54) is 25.7 Å². The number of amides is 1. The molecular formula is C15H29ClN2O2. The van der Waals surface area contributed by atoms with Crippen LogP contribution in [-0.4, -0.2) is 39.3 Å². The van der Waals surface area contributed by atoms with Gasteiger partial charge in [0.2, 0.25) is 5.91 Å². The Bertz CT molecular complexity index is 288. The standard InChI is InChI=1S/C15H28N2O2.ClH/c1-19-12-15(6-2-3-7-15)11-17-14(18)10-13-4-8-16-9-5-13;/h13,16H,2-12H2,1H3,(H,17,18);1H. The molecule has 0 aromatic rings. The SMILES string of the molecule is COCC1(CNC(=O)CC2CCNCC2)CCCC1.Cl. The van der Waals surface area contributed by atoms with Crippen LogP contribution in [0.2, 0.25) is 0 Å². The topological polar surface area (TPSA) is 50.4 Å². The third-order valence-corrected chi connectivity index (χ3v) is 4.71. The van der Waals surface area contributed by atoms with Gasteiger partial charge in [-0.05, 0) is 44.7 Å². The highest BCUT2D eigenvalue weighted by Gasteiger charge is 2.34. The number of halogens is 1. The lowest BCUT2D eigenvalue weighted by Gasteiger charge is -2.29. The summed E-state index contributed by atoms with van der Waals surface area (Å²) in [5.41, 5.74) is 0.207. The normalized spacial score (nSPS) is 22.2. The Morgan fingerprint density at radius 3 is 2.55 bits per heavy atom. The van der Waals surface area contributed by atoms with Gasteiger partial charge in [0.15, 0.2) is 0 Å². The minimum atomic E-state index is 0. The van der Waals surface area contributed by atoms with Crippen molar-refractivity contribution in [3.05, 3.63) is 0 Å². The molecule has 2 rings (SSSR count). The molecule has 0 aromatic heterocycles. The first-order valence-electron chi connectivity index (χ1n) is 7.70. The van der Waals surface area contributed by atoms with E-state index in [2.05, 4.69) is 10.6 Å². The van der Waals surface area contributed by atoms with Crippen LogP contribution >= 0.6 is 12.4 Å². The van der Waals surface area contributed by atoms with Gasteiger partial charge in [-0.3, -0.25) is 4.79 Å². The van der Waals surface area contributed by atoms with Crippen molar-refractivity contribution in [3.8, 4) is 0 Å². The fourth-order valence-corrected chi connectivity index (χ4v) is 3.51. The molecule has 0 radical (unpaired) electrons. The lowest BCUT2D eigenvalue weighted by molar-refractivity contribution is -0.122. The average molecular weight is 305 g/mol. The first kappa shape index (κ1) is 17.7. The van der Waals surface area contributed by atoms with Crippen LogP contribution in [0.25, 0.3) is 0 Å². The number of methoxy groups -OCH3 is 1. The van der Waals surface area contributed by atoms with E-state index in [-0.39, 0.29) is 23.7 Å². The minimum absolute atomic E-state index is 0. The largest absolute Gasteiger partial charge is 0.384 e. The zero-order chi connectivity index (χ0) is 13.6. The quantitative estimate of drug-likeness (QED) is 0.790. The van der Waals surface area contributed by atoms with Gasteiger partial charge in [-0.1, -0.05) is 12.8 Å². The van der Waals surface area contributed by atoms with Crippen LogP contribution < -0.4 is 10.6 Å². The number of piperidine rings is 1. The van der Waals surface area contributed by atoms with Gasteiger partial charge in [0.1, 0.15) is 0 Å². The van der Waals surface area contributed by atoms with Crippen LogP contribution in [0.5, 0.6) is 0 Å². The average Bonchev–Trinajstić information content (AvgIpc) is 2.87. The monoisotopic (exact) mass is 304 g/mol. The van der Waals surface area contributed by atoms with E-state index in [4.69, 9.17) is 4.74 Å². The van der Waals surface area contributed by atoms with Crippen molar-refractivity contribution in [1.29, 1.82) is 0 Å². The highest BCUT2D eigenvalue weighted by molar-refractivity contribution is 5.85. The van der Waals surface area contributed by atoms with E-state index in [1.807, 2.05) is 0 Å². The Balaban J connectivity index is 0.00000200. The molecule has 1 aliphatic heterocycles. The molecule has 2 N–H and O–H groups in total.